The van der Waals surface area contributed by atoms with E-state index in [1.165, 1.54) is 23.9 Å². The molecular weight excluding hydrogens is 418 g/mol. The molecule has 2 N–H and O–H groups in total. The number of ether oxygens (including phenoxy) is 1. The third kappa shape index (κ3) is 9.52. The van der Waals surface area contributed by atoms with Gasteiger partial charge in [-0.25, -0.2) is 4.79 Å². The molecule has 0 heterocycles. The first-order valence-corrected chi connectivity index (χ1v) is 10.8. The van der Waals surface area contributed by atoms with Gasteiger partial charge in [0.15, 0.2) is 0 Å². The SMILES string of the molecule is CC(C)(C)OC(=O)Nc1ccc(SCC(=O)NCCCc2ccc([N+](=O)[O-])cc2)cc1. The Morgan fingerprint density at radius 2 is 1.71 bits per heavy atom. The van der Waals surface area contributed by atoms with E-state index in [2.05, 4.69) is 10.6 Å². The largest absolute Gasteiger partial charge is 0.444 e. The average molecular weight is 446 g/mol. The van der Waals surface area contributed by atoms with Crippen molar-refractivity contribution < 1.29 is 19.2 Å². The molecule has 2 rings (SSSR count). The summed E-state index contributed by atoms with van der Waals surface area (Å²) in [6.45, 7) is 5.93. The van der Waals surface area contributed by atoms with Gasteiger partial charge in [0, 0.05) is 29.3 Å². The molecule has 0 radical (unpaired) electrons. The Kier molecular flexibility index (Phi) is 8.87. The van der Waals surface area contributed by atoms with Crippen LogP contribution in [0.5, 0.6) is 0 Å². The number of hydrogen-bond donors (Lipinski definition) is 2. The molecule has 8 nitrogen and oxygen atoms in total. The smallest absolute Gasteiger partial charge is 0.412 e. The molecule has 0 unspecified atom stereocenters. The number of anilines is 1. The van der Waals surface area contributed by atoms with E-state index in [0.717, 1.165) is 23.3 Å². The van der Waals surface area contributed by atoms with Gasteiger partial charge in [-0.2, -0.15) is 0 Å². The zero-order chi connectivity index (χ0) is 22.9. The number of amides is 2. The van der Waals surface area contributed by atoms with Crippen LogP contribution in [-0.2, 0) is 16.0 Å². The minimum Gasteiger partial charge on any atom is -0.444 e. The second kappa shape index (κ2) is 11.4. The van der Waals surface area contributed by atoms with E-state index in [4.69, 9.17) is 4.74 Å². The van der Waals surface area contributed by atoms with Gasteiger partial charge in [0.05, 0.1) is 10.7 Å². The van der Waals surface area contributed by atoms with E-state index in [-0.39, 0.29) is 17.3 Å². The standard InChI is InChI=1S/C22H27N3O5S/c1-22(2,3)30-21(27)24-17-8-12-19(13-9-17)31-15-20(26)23-14-4-5-16-6-10-18(11-7-16)25(28)29/h6-13H,4-5,14-15H2,1-3H3,(H,23,26)(H,24,27). The molecule has 0 fully saturated rings. The Balaban J connectivity index is 1.65. The lowest BCUT2D eigenvalue weighted by Gasteiger charge is -2.19. The lowest BCUT2D eigenvalue weighted by atomic mass is 10.1. The number of carbonyl (C=O) groups is 2. The number of rotatable bonds is 9. The molecule has 0 bridgehead atoms. The molecule has 0 aliphatic rings. The molecule has 0 aromatic heterocycles. The summed E-state index contributed by atoms with van der Waals surface area (Å²) in [7, 11) is 0. The van der Waals surface area contributed by atoms with Crippen molar-refractivity contribution in [1.82, 2.24) is 5.32 Å². The Morgan fingerprint density at radius 3 is 2.29 bits per heavy atom. The number of non-ortho nitro benzene ring substituents is 1. The summed E-state index contributed by atoms with van der Waals surface area (Å²) in [4.78, 5) is 34.9. The number of nitrogens with zero attached hydrogens (tertiary/aromatic N) is 1. The number of thioether (sulfide) groups is 1. The van der Waals surface area contributed by atoms with Crippen LogP contribution in [0.25, 0.3) is 0 Å². The molecular formula is C22H27N3O5S. The number of nitrogens with one attached hydrogen (secondary N) is 2. The van der Waals surface area contributed by atoms with E-state index in [1.807, 2.05) is 12.1 Å². The van der Waals surface area contributed by atoms with Crippen molar-refractivity contribution in [2.45, 2.75) is 44.1 Å². The fraction of sp³-hybridized carbons (Fsp3) is 0.364. The highest BCUT2D eigenvalue weighted by atomic mass is 32.2. The molecule has 2 aromatic rings. The first-order valence-electron chi connectivity index (χ1n) is 9.85. The maximum Gasteiger partial charge on any atom is 0.412 e. The Hall–Kier alpha value is -3.07. The van der Waals surface area contributed by atoms with Crippen LogP contribution in [0.4, 0.5) is 16.2 Å². The molecule has 0 saturated carbocycles. The number of benzene rings is 2. The number of nitro groups is 1. The Morgan fingerprint density at radius 1 is 1.06 bits per heavy atom. The maximum absolute atomic E-state index is 12.0. The van der Waals surface area contributed by atoms with Crippen molar-refractivity contribution in [3.05, 3.63) is 64.2 Å². The monoisotopic (exact) mass is 445 g/mol. The maximum atomic E-state index is 12.0. The highest BCUT2D eigenvalue weighted by Gasteiger charge is 2.16. The third-order valence-corrected chi connectivity index (χ3v) is 4.99. The summed E-state index contributed by atoms with van der Waals surface area (Å²) in [5.74, 6) is 0.223. The van der Waals surface area contributed by atoms with Crippen molar-refractivity contribution in [2.24, 2.45) is 0 Å². The van der Waals surface area contributed by atoms with Crippen LogP contribution in [0, 0.1) is 10.1 Å². The summed E-state index contributed by atoms with van der Waals surface area (Å²) < 4.78 is 5.21. The molecule has 31 heavy (non-hydrogen) atoms. The first-order chi connectivity index (χ1) is 14.6. The van der Waals surface area contributed by atoms with Crippen LogP contribution in [0.1, 0.15) is 32.8 Å². The molecule has 0 atom stereocenters. The third-order valence-electron chi connectivity index (χ3n) is 3.98. The number of hydrogen-bond acceptors (Lipinski definition) is 6. The van der Waals surface area contributed by atoms with Gasteiger partial charge in [0.1, 0.15) is 5.60 Å². The zero-order valence-corrected chi connectivity index (χ0v) is 18.7. The van der Waals surface area contributed by atoms with Crippen molar-refractivity contribution in [1.29, 1.82) is 0 Å². The van der Waals surface area contributed by atoms with Crippen molar-refractivity contribution in [3.63, 3.8) is 0 Å². The van der Waals surface area contributed by atoms with E-state index < -0.39 is 16.6 Å². The van der Waals surface area contributed by atoms with E-state index in [0.29, 0.717) is 12.2 Å². The van der Waals surface area contributed by atoms with Gasteiger partial charge in [0.25, 0.3) is 5.69 Å². The second-order valence-corrected chi connectivity index (χ2v) is 8.87. The summed E-state index contributed by atoms with van der Waals surface area (Å²) in [6.07, 6.45) is 0.970. The van der Waals surface area contributed by atoms with Gasteiger partial charge in [0.2, 0.25) is 5.91 Å². The number of carbonyl (C=O) groups excluding carboxylic acids is 2. The van der Waals surface area contributed by atoms with Crippen LogP contribution in [-0.4, -0.2) is 34.8 Å². The highest BCUT2D eigenvalue weighted by Crippen LogP contribution is 2.21. The summed E-state index contributed by atoms with van der Waals surface area (Å²) in [6, 6.07) is 13.6. The predicted octanol–water partition coefficient (Wildman–Crippen LogP) is 4.78. The molecule has 166 valence electrons. The molecule has 0 spiro atoms. The Bertz CT molecular complexity index is 893. The lowest BCUT2D eigenvalue weighted by Crippen LogP contribution is -2.27. The van der Waals surface area contributed by atoms with Gasteiger partial charge in [-0.3, -0.25) is 20.2 Å². The quantitative estimate of drug-likeness (QED) is 0.249. The van der Waals surface area contributed by atoms with Gasteiger partial charge in [-0.1, -0.05) is 12.1 Å². The lowest BCUT2D eigenvalue weighted by molar-refractivity contribution is -0.384. The molecule has 2 aromatic carbocycles. The van der Waals surface area contributed by atoms with E-state index >= 15 is 0 Å². The molecule has 0 aliphatic carbocycles. The molecule has 9 heteroatoms. The van der Waals surface area contributed by atoms with E-state index in [9.17, 15) is 19.7 Å². The summed E-state index contributed by atoms with van der Waals surface area (Å²) in [5.41, 5.74) is 1.13. The van der Waals surface area contributed by atoms with Crippen LogP contribution < -0.4 is 10.6 Å². The van der Waals surface area contributed by atoms with Crippen molar-refractivity contribution >= 4 is 35.1 Å². The summed E-state index contributed by atoms with van der Waals surface area (Å²) >= 11 is 1.41. The second-order valence-electron chi connectivity index (χ2n) is 7.82. The normalized spacial score (nSPS) is 10.9. The van der Waals surface area contributed by atoms with Gasteiger partial charge in [-0.05, 0) is 63.4 Å². The fourth-order valence-electron chi connectivity index (χ4n) is 2.56. The molecule has 0 aliphatic heterocycles. The zero-order valence-electron chi connectivity index (χ0n) is 17.8. The van der Waals surface area contributed by atoms with Crippen LogP contribution >= 0.6 is 11.8 Å². The van der Waals surface area contributed by atoms with Crippen LogP contribution in [0.3, 0.4) is 0 Å². The van der Waals surface area contributed by atoms with Crippen molar-refractivity contribution in [3.8, 4) is 0 Å². The number of aryl methyl sites for hydroxylation is 1. The average Bonchev–Trinajstić information content (AvgIpc) is 2.69. The minimum absolute atomic E-state index is 0.0651. The number of nitro benzene ring substituents is 1. The van der Waals surface area contributed by atoms with E-state index in [1.54, 1.807) is 45.0 Å². The topological polar surface area (TPSA) is 111 Å². The van der Waals surface area contributed by atoms with Crippen LogP contribution in [0.2, 0.25) is 0 Å². The van der Waals surface area contributed by atoms with Crippen molar-refractivity contribution in [2.75, 3.05) is 17.6 Å². The predicted molar refractivity (Wildman–Crippen MR) is 121 cm³/mol. The van der Waals surface area contributed by atoms with Crippen LogP contribution in [0.15, 0.2) is 53.4 Å². The first kappa shape index (κ1) is 24.2. The van der Waals surface area contributed by atoms with Gasteiger partial charge in [-0.15, -0.1) is 11.8 Å². The summed E-state index contributed by atoms with van der Waals surface area (Å²) in [5, 5.41) is 16.2. The minimum atomic E-state index is -0.560. The molecule has 2 amide bonds. The molecule has 0 saturated heterocycles. The van der Waals surface area contributed by atoms with Gasteiger partial charge < -0.3 is 10.1 Å². The Labute approximate surface area is 185 Å². The highest BCUT2D eigenvalue weighted by molar-refractivity contribution is 8.00. The fourth-order valence-corrected chi connectivity index (χ4v) is 3.29. The van der Waals surface area contributed by atoms with Gasteiger partial charge >= 0.3 is 6.09 Å².